The SMILES string of the molecule is CC1=CC[C@H]2C(=O)N(c3ccccc3OC(=O)c3ccccc3F)C(=O)[C@@H]2C1. The zero-order chi connectivity index (χ0) is 19.8. The minimum Gasteiger partial charge on any atom is -0.421 e. The Labute approximate surface area is 161 Å². The maximum absolute atomic E-state index is 13.9. The van der Waals surface area contributed by atoms with Gasteiger partial charge in [0.05, 0.1) is 23.1 Å². The molecule has 0 unspecified atom stereocenters. The normalized spacial score (nSPS) is 21.4. The van der Waals surface area contributed by atoms with Crippen LogP contribution in [0.1, 0.15) is 30.1 Å². The third-order valence-corrected chi connectivity index (χ3v) is 5.23. The third kappa shape index (κ3) is 3.01. The lowest BCUT2D eigenvalue weighted by molar-refractivity contribution is -0.122. The smallest absolute Gasteiger partial charge is 0.346 e. The molecule has 5 nitrogen and oxygen atoms in total. The number of esters is 1. The van der Waals surface area contributed by atoms with Gasteiger partial charge < -0.3 is 4.74 Å². The van der Waals surface area contributed by atoms with Gasteiger partial charge in [-0.1, -0.05) is 35.9 Å². The average molecular weight is 379 g/mol. The van der Waals surface area contributed by atoms with Crippen LogP contribution in [0.4, 0.5) is 10.1 Å². The van der Waals surface area contributed by atoms with Gasteiger partial charge in [-0.3, -0.25) is 9.59 Å². The average Bonchev–Trinajstić information content (AvgIpc) is 2.92. The Balaban J connectivity index is 1.66. The molecular weight excluding hydrogens is 361 g/mol. The van der Waals surface area contributed by atoms with Gasteiger partial charge in [-0.15, -0.1) is 0 Å². The summed E-state index contributed by atoms with van der Waals surface area (Å²) in [6.45, 7) is 1.95. The molecule has 2 amide bonds. The molecule has 2 aromatic rings. The van der Waals surface area contributed by atoms with Crippen LogP contribution in [0, 0.1) is 17.7 Å². The number of fused-ring (bicyclic) bond motifs is 1. The molecule has 28 heavy (non-hydrogen) atoms. The van der Waals surface area contributed by atoms with Crippen LogP contribution in [-0.4, -0.2) is 17.8 Å². The highest BCUT2D eigenvalue weighted by atomic mass is 19.1. The Hall–Kier alpha value is -3.28. The van der Waals surface area contributed by atoms with Crippen molar-refractivity contribution in [1.29, 1.82) is 0 Å². The van der Waals surface area contributed by atoms with Crippen LogP contribution in [0.3, 0.4) is 0 Å². The van der Waals surface area contributed by atoms with Gasteiger partial charge in [-0.25, -0.2) is 14.1 Å². The molecule has 6 heteroatoms. The van der Waals surface area contributed by atoms with Gasteiger partial charge >= 0.3 is 5.97 Å². The van der Waals surface area contributed by atoms with E-state index >= 15 is 0 Å². The van der Waals surface area contributed by atoms with Crippen molar-refractivity contribution >= 4 is 23.5 Å². The monoisotopic (exact) mass is 379 g/mol. The van der Waals surface area contributed by atoms with E-state index in [0.717, 1.165) is 16.5 Å². The number of carbonyl (C=O) groups is 3. The van der Waals surface area contributed by atoms with Crippen molar-refractivity contribution in [3.05, 3.63) is 71.6 Å². The highest BCUT2D eigenvalue weighted by Gasteiger charge is 2.49. The minimum atomic E-state index is -0.889. The number of nitrogens with zero attached hydrogens (tertiary/aromatic N) is 1. The van der Waals surface area contributed by atoms with E-state index in [4.69, 9.17) is 4.74 Å². The number of hydrogen-bond donors (Lipinski definition) is 0. The Kier molecular flexibility index (Phi) is 4.55. The first-order valence-electron chi connectivity index (χ1n) is 9.06. The summed E-state index contributed by atoms with van der Waals surface area (Å²) < 4.78 is 19.2. The van der Waals surface area contributed by atoms with Gasteiger partial charge in [0.25, 0.3) is 0 Å². The second-order valence-electron chi connectivity index (χ2n) is 7.05. The molecule has 2 aromatic carbocycles. The van der Waals surface area contributed by atoms with Gasteiger partial charge in [-0.2, -0.15) is 0 Å². The maximum Gasteiger partial charge on any atom is 0.346 e. The van der Waals surface area contributed by atoms with Crippen molar-refractivity contribution in [2.45, 2.75) is 19.8 Å². The predicted molar refractivity (Wildman–Crippen MR) is 100 cm³/mol. The van der Waals surface area contributed by atoms with E-state index < -0.39 is 23.6 Å². The zero-order valence-corrected chi connectivity index (χ0v) is 15.2. The topological polar surface area (TPSA) is 63.7 Å². The molecule has 1 saturated heterocycles. The first kappa shape index (κ1) is 18.1. The van der Waals surface area contributed by atoms with Crippen LogP contribution in [0.15, 0.2) is 60.2 Å². The molecule has 0 aromatic heterocycles. The molecule has 1 aliphatic carbocycles. The number of benzene rings is 2. The number of amides is 2. The molecule has 0 N–H and O–H groups in total. The fraction of sp³-hybridized carbons (Fsp3) is 0.227. The Bertz CT molecular complexity index is 1010. The number of imide groups is 1. The number of allylic oxidation sites excluding steroid dienone is 2. The first-order valence-corrected chi connectivity index (χ1v) is 9.06. The first-order chi connectivity index (χ1) is 13.5. The molecule has 1 heterocycles. The molecule has 2 atom stereocenters. The quantitative estimate of drug-likeness (QED) is 0.351. The number of carbonyl (C=O) groups excluding carboxylic acids is 3. The van der Waals surface area contributed by atoms with E-state index in [1.54, 1.807) is 18.2 Å². The Morgan fingerprint density at radius 3 is 2.50 bits per heavy atom. The summed E-state index contributed by atoms with van der Waals surface area (Å²) >= 11 is 0. The number of anilines is 1. The van der Waals surface area contributed by atoms with Crippen molar-refractivity contribution in [3.63, 3.8) is 0 Å². The summed E-state index contributed by atoms with van der Waals surface area (Å²) in [6, 6.07) is 11.8. The summed E-state index contributed by atoms with van der Waals surface area (Å²) in [4.78, 5) is 39.3. The molecule has 1 aliphatic heterocycles. The molecule has 0 spiro atoms. The van der Waals surface area contributed by atoms with E-state index in [1.165, 1.54) is 24.3 Å². The summed E-state index contributed by atoms with van der Waals surface area (Å²) in [5, 5.41) is 0. The van der Waals surface area contributed by atoms with Crippen molar-refractivity contribution in [2.75, 3.05) is 4.90 Å². The Morgan fingerprint density at radius 1 is 1.04 bits per heavy atom. The van der Waals surface area contributed by atoms with Gasteiger partial charge in [0.1, 0.15) is 5.82 Å². The summed E-state index contributed by atoms with van der Waals surface area (Å²) in [7, 11) is 0. The third-order valence-electron chi connectivity index (χ3n) is 5.23. The van der Waals surface area contributed by atoms with E-state index in [-0.39, 0.29) is 28.8 Å². The molecule has 2 aliphatic rings. The van der Waals surface area contributed by atoms with Crippen LogP contribution in [0.2, 0.25) is 0 Å². The summed E-state index contributed by atoms with van der Waals surface area (Å²) in [6.07, 6.45) is 3.05. The number of ether oxygens (including phenoxy) is 1. The number of para-hydroxylation sites is 2. The van der Waals surface area contributed by atoms with Crippen molar-refractivity contribution < 1.29 is 23.5 Å². The fourth-order valence-electron chi connectivity index (χ4n) is 3.78. The second kappa shape index (κ2) is 7.03. The van der Waals surface area contributed by atoms with Crippen LogP contribution in [-0.2, 0) is 9.59 Å². The van der Waals surface area contributed by atoms with Crippen LogP contribution in [0.25, 0.3) is 0 Å². The Morgan fingerprint density at radius 2 is 1.71 bits per heavy atom. The summed E-state index contributed by atoms with van der Waals surface area (Å²) in [5.41, 5.74) is 1.07. The molecule has 142 valence electrons. The molecule has 0 saturated carbocycles. The van der Waals surface area contributed by atoms with Gasteiger partial charge in [-0.05, 0) is 44.0 Å². The van der Waals surface area contributed by atoms with E-state index in [9.17, 15) is 18.8 Å². The van der Waals surface area contributed by atoms with Gasteiger partial charge in [0.2, 0.25) is 11.8 Å². The largest absolute Gasteiger partial charge is 0.421 e. The van der Waals surface area contributed by atoms with Crippen molar-refractivity contribution in [2.24, 2.45) is 11.8 Å². The molecule has 4 rings (SSSR count). The van der Waals surface area contributed by atoms with Crippen LogP contribution >= 0.6 is 0 Å². The zero-order valence-electron chi connectivity index (χ0n) is 15.2. The number of rotatable bonds is 3. The van der Waals surface area contributed by atoms with E-state index in [0.29, 0.717) is 12.8 Å². The van der Waals surface area contributed by atoms with Crippen molar-refractivity contribution in [1.82, 2.24) is 0 Å². The molecule has 0 bridgehead atoms. The maximum atomic E-state index is 13.9. The lowest BCUT2D eigenvalue weighted by atomic mass is 9.82. The van der Waals surface area contributed by atoms with Crippen LogP contribution in [0.5, 0.6) is 5.75 Å². The fourth-order valence-corrected chi connectivity index (χ4v) is 3.78. The predicted octanol–water partition coefficient (Wildman–Crippen LogP) is 3.89. The summed E-state index contributed by atoms with van der Waals surface area (Å²) in [5.74, 6) is -2.93. The van der Waals surface area contributed by atoms with Gasteiger partial charge in [0.15, 0.2) is 5.75 Å². The second-order valence-corrected chi connectivity index (χ2v) is 7.05. The molecule has 1 fully saturated rings. The van der Waals surface area contributed by atoms with E-state index in [2.05, 4.69) is 0 Å². The highest BCUT2D eigenvalue weighted by molar-refractivity contribution is 6.23. The van der Waals surface area contributed by atoms with E-state index in [1.807, 2.05) is 13.0 Å². The lowest BCUT2D eigenvalue weighted by Crippen LogP contribution is -2.31. The van der Waals surface area contributed by atoms with Crippen molar-refractivity contribution in [3.8, 4) is 5.75 Å². The van der Waals surface area contributed by atoms with Gasteiger partial charge in [0, 0.05) is 0 Å². The standard InChI is InChI=1S/C22H18FNO4/c1-13-10-11-14-16(12-13)21(26)24(20(14)25)18-8-4-5-9-19(18)28-22(27)15-6-2-3-7-17(15)23/h2-10,14,16H,11-12H2,1H3/t14-,16-/m1/s1. The minimum absolute atomic E-state index is 0.0424. The number of halogens is 1. The lowest BCUT2D eigenvalue weighted by Gasteiger charge is -2.19. The number of hydrogen-bond acceptors (Lipinski definition) is 4. The highest BCUT2D eigenvalue weighted by Crippen LogP contribution is 2.42. The van der Waals surface area contributed by atoms with Crippen LogP contribution < -0.4 is 9.64 Å². The molecular formula is C22H18FNO4. The molecule has 0 radical (unpaired) electrons.